The monoisotopic (exact) mass is 322 g/mol. The van der Waals surface area contributed by atoms with Gasteiger partial charge in [0.1, 0.15) is 5.75 Å². The maximum absolute atomic E-state index is 12.3. The Bertz CT molecular complexity index is 840. The number of rotatable bonds is 5. The summed E-state index contributed by atoms with van der Waals surface area (Å²) in [5.41, 5.74) is 3.27. The number of hydrogen-bond donors (Lipinski definition) is 1. The van der Waals surface area contributed by atoms with Gasteiger partial charge in [0.15, 0.2) is 0 Å². The topological polar surface area (TPSA) is 69.0 Å². The molecule has 1 aromatic carbocycles. The Labute approximate surface area is 140 Å². The lowest BCUT2D eigenvalue weighted by Gasteiger charge is -2.09. The van der Waals surface area contributed by atoms with Crippen LogP contribution < -0.4 is 10.1 Å². The number of aryl methyl sites for hydroxylation is 1. The molecule has 0 aliphatic carbocycles. The molecule has 0 saturated carbocycles. The Morgan fingerprint density at radius 1 is 1.25 bits per heavy atom. The number of aromatic nitrogens is 3. The predicted molar refractivity (Wildman–Crippen MR) is 90.6 cm³/mol. The van der Waals surface area contributed by atoms with Crippen LogP contribution in [0.15, 0.2) is 55.0 Å². The highest BCUT2D eigenvalue weighted by Crippen LogP contribution is 2.20. The summed E-state index contributed by atoms with van der Waals surface area (Å²) in [6.45, 7) is 0.392. The normalized spacial score (nSPS) is 10.4. The highest BCUT2D eigenvalue weighted by atomic mass is 16.5. The van der Waals surface area contributed by atoms with E-state index in [-0.39, 0.29) is 5.91 Å². The van der Waals surface area contributed by atoms with Gasteiger partial charge in [-0.05, 0) is 35.9 Å². The van der Waals surface area contributed by atoms with Crippen molar-refractivity contribution in [2.45, 2.75) is 6.54 Å². The minimum absolute atomic E-state index is 0.140. The lowest BCUT2D eigenvalue weighted by molar-refractivity contribution is 0.0951. The average Bonchev–Trinajstić information content (AvgIpc) is 3.06. The fourth-order valence-corrected chi connectivity index (χ4v) is 2.40. The summed E-state index contributed by atoms with van der Waals surface area (Å²) in [5.74, 6) is 0.580. The third-order valence-electron chi connectivity index (χ3n) is 3.66. The predicted octanol–water partition coefficient (Wildman–Crippen LogP) is 2.42. The number of nitrogens with zero attached hydrogens (tertiary/aromatic N) is 3. The number of nitrogens with one attached hydrogen (secondary N) is 1. The van der Waals surface area contributed by atoms with Crippen LogP contribution in [0.1, 0.15) is 15.9 Å². The molecule has 2 aromatic heterocycles. The van der Waals surface area contributed by atoms with Gasteiger partial charge in [-0.2, -0.15) is 5.10 Å². The van der Waals surface area contributed by atoms with Gasteiger partial charge in [0.05, 0.1) is 19.0 Å². The van der Waals surface area contributed by atoms with Crippen molar-refractivity contribution in [3.63, 3.8) is 0 Å². The Balaban J connectivity index is 1.73. The van der Waals surface area contributed by atoms with Crippen molar-refractivity contribution in [2.75, 3.05) is 7.11 Å². The molecule has 0 fully saturated rings. The summed E-state index contributed by atoms with van der Waals surface area (Å²) >= 11 is 0. The smallest absolute Gasteiger partial charge is 0.251 e. The maximum atomic E-state index is 12.3. The van der Waals surface area contributed by atoms with Gasteiger partial charge in [-0.15, -0.1) is 0 Å². The highest BCUT2D eigenvalue weighted by Gasteiger charge is 2.10. The molecule has 0 spiro atoms. The van der Waals surface area contributed by atoms with Gasteiger partial charge in [-0.3, -0.25) is 14.5 Å². The SMILES string of the molecule is COc1ccc(C(=O)NCc2cccnc2-c2cnn(C)c2)cc1. The van der Waals surface area contributed by atoms with E-state index in [2.05, 4.69) is 15.4 Å². The number of pyridine rings is 1. The molecule has 3 rings (SSSR count). The second-order valence-electron chi connectivity index (χ2n) is 5.32. The van der Waals surface area contributed by atoms with Crippen molar-refractivity contribution in [3.8, 4) is 17.0 Å². The van der Waals surface area contributed by atoms with Gasteiger partial charge in [0.25, 0.3) is 5.91 Å². The second-order valence-corrected chi connectivity index (χ2v) is 5.32. The summed E-state index contributed by atoms with van der Waals surface area (Å²) in [4.78, 5) is 16.7. The lowest BCUT2D eigenvalue weighted by Crippen LogP contribution is -2.23. The Morgan fingerprint density at radius 3 is 2.71 bits per heavy atom. The minimum atomic E-state index is -0.140. The van der Waals surface area contributed by atoms with Crippen LogP contribution in [-0.4, -0.2) is 27.8 Å². The molecule has 6 nitrogen and oxygen atoms in total. The molecule has 0 radical (unpaired) electrons. The second kappa shape index (κ2) is 6.95. The molecule has 0 aliphatic heterocycles. The van der Waals surface area contributed by atoms with Crippen LogP contribution in [0.3, 0.4) is 0 Å². The zero-order valence-electron chi connectivity index (χ0n) is 13.6. The van der Waals surface area contributed by atoms with E-state index < -0.39 is 0 Å². The first-order valence-corrected chi connectivity index (χ1v) is 7.52. The van der Waals surface area contributed by atoms with Gasteiger partial charge >= 0.3 is 0 Å². The Kier molecular flexibility index (Phi) is 4.56. The fraction of sp³-hybridized carbons (Fsp3) is 0.167. The van der Waals surface area contributed by atoms with E-state index in [1.54, 1.807) is 48.5 Å². The number of carbonyl (C=O) groups excluding carboxylic acids is 1. The van der Waals surface area contributed by atoms with Crippen molar-refractivity contribution in [1.29, 1.82) is 0 Å². The van der Waals surface area contributed by atoms with Crippen LogP contribution in [-0.2, 0) is 13.6 Å². The molecule has 1 N–H and O–H groups in total. The van der Waals surface area contributed by atoms with Crippen molar-refractivity contribution in [3.05, 3.63) is 66.1 Å². The van der Waals surface area contributed by atoms with E-state index in [1.807, 2.05) is 25.4 Å². The van der Waals surface area contributed by atoms with Crippen molar-refractivity contribution in [2.24, 2.45) is 7.05 Å². The van der Waals surface area contributed by atoms with Crippen LogP contribution >= 0.6 is 0 Å². The molecule has 0 bridgehead atoms. The number of ether oxygens (including phenoxy) is 1. The third kappa shape index (κ3) is 3.43. The van der Waals surface area contributed by atoms with Crippen LogP contribution in [0.25, 0.3) is 11.3 Å². The zero-order chi connectivity index (χ0) is 16.9. The average molecular weight is 322 g/mol. The summed E-state index contributed by atoms with van der Waals surface area (Å²) in [7, 11) is 3.45. The summed E-state index contributed by atoms with van der Waals surface area (Å²) < 4.78 is 6.82. The largest absolute Gasteiger partial charge is 0.497 e. The van der Waals surface area contributed by atoms with E-state index in [1.165, 1.54) is 0 Å². The molecule has 2 heterocycles. The molecule has 24 heavy (non-hydrogen) atoms. The summed E-state index contributed by atoms with van der Waals surface area (Å²) in [6, 6.07) is 10.8. The lowest BCUT2D eigenvalue weighted by atomic mass is 10.1. The molecule has 0 aliphatic rings. The Hall–Kier alpha value is -3.15. The number of methoxy groups -OCH3 is 1. The summed E-state index contributed by atoms with van der Waals surface area (Å²) in [5, 5.41) is 7.09. The fourth-order valence-electron chi connectivity index (χ4n) is 2.40. The third-order valence-corrected chi connectivity index (χ3v) is 3.66. The quantitative estimate of drug-likeness (QED) is 0.783. The highest BCUT2D eigenvalue weighted by molar-refractivity contribution is 5.94. The molecular formula is C18H18N4O2. The van der Waals surface area contributed by atoms with Crippen LogP contribution in [0.2, 0.25) is 0 Å². The van der Waals surface area contributed by atoms with Gasteiger partial charge in [0.2, 0.25) is 0 Å². The molecule has 6 heteroatoms. The van der Waals surface area contributed by atoms with E-state index in [4.69, 9.17) is 4.74 Å². The van der Waals surface area contributed by atoms with Crippen molar-refractivity contribution >= 4 is 5.91 Å². The van der Waals surface area contributed by atoms with Gasteiger partial charge in [-0.25, -0.2) is 0 Å². The van der Waals surface area contributed by atoms with Crippen molar-refractivity contribution < 1.29 is 9.53 Å². The molecule has 0 unspecified atom stereocenters. The maximum Gasteiger partial charge on any atom is 0.251 e. The molecule has 0 atom stereocenters. The first kappa shape index (κ1) is 15.7. The van der Waals surface area contributed by atoms with E-state index in [0.29, 0.717) is 12.1 Å². The standard InChI is InChI=1S/C18H18N4O2/c1-22-12-15(11-21-22)17-14(4-3-9-19-17)10-20-18(23)13-5-7-16(24-2)8-6-13/h3-9,11-12H,10H2,1-2H3,(H,20,23). The first-order valence-electron chi connectivity index (χ1n) is 7.52. The van der Waals surface area contributed by atoms with Gasteiger partial charge < -0.3 is 10.1 Å². The van der Waals surface area contributed by atoms with Crippen LogP contribution in [0.4, 0.5) is 0 Å². The molecule has 1 amide bonds. The van der Waals surface area contributed by atoms with Crippen molar-refractivity contribution in [1.82, 2.24) is 20.1 Å². The Morgan fingerprint density at radius 2 is 2.04 bits per heavy atom. The minimum Gasteiger partial charge on any atom is -0.497 e. The molecular weight excluding hydrogens is 304 g/mol. The molecule has 3 aromatic rings. The van der Waals surface area contributed by atoms with Crippen LogP contribution in [0.5, 0.6) is 5.75 Å². The number of benzene rings is 1. The van der Waals surface area contributed by atoms with E-state index in [9.17, 15) is 4.79 Å². The van der Waals surface area contributed by atoms with Gasteiger partial charge in [-0.1, -0.05) is 6.07 Å². The number of amides is 1. The summed E-state index contributed by atoms with van der Waals surface area (Å²) in [6.07, 6.45) is 5.39. The van der Waals surface area contributed by atoms with Gasteiger partial charge in [0, 0.05) is 37.1 Å². The first-order chi connectivity index (χ1) is 11.7. The number of hydrogen-bond acceptors (Lipinski definition) is 4. The molecule has 122 valence electrons. The van der Waals surface area contributed by atoms with Crippen LogP contribution in [0, 0.1) is 0 Å². The van der Waals surface area contributed by atoms with E-state index >= 15 is 0 Å². The molecule has 0 saturated heterocycles. The zero-order valence-corrected chi connectivity index (χ0v) is 13.6. The van der Waals surface area contributed by atoms with E-state index in [0.717, 1.165) is 22.6 Å². The number of carbonyl (C=O) groups is 1.